The quantitative estimate of drug-likeness (QED) is 0.372. The van der Waals surface area contributed by atoms with Crippen molar-refractivity contribution >= 4 is 49.3 Å². The fourth-order valence-electron chi connectivity index (χ4n) is 2.95. The van der Waals surface area contributed by atoms with Gasteiger partial charge in [-0.1, -0.05) is 43.6 Å². The van der Waals surface area contributed by atoms with Crippen molar-refractivity contribution in [3.63, 3.8) is 0 Å². The van der Waals surface area contributed by atoms with Crippen molar-refractivity contribution in [3.05, 3.63) is 61.3 Å². The molecule has 0 spiro atoms. The summed E-state index contributed by atoms with van der Waals surface area (Å²) < 4.78 is 3.34. The molecular formula is C17H13Br2N4O2S+. The number of phenols is 1. The predicted octanol–water partition coefficient (Wildman–Crippen LogP) is 3.65. The molecule has 2 heterocycles. The third-order valence-electron chi connectivity index (χ3n) is 4.10. The van der Waals surface area contributed by atoms with Gasteiger partial charge in [0, 0.05) is 14.0 Å². The highest BCUT2D eigenvalue weighted by Gasteiger charge is 2.38. The normalized spacial score (nSPS) is 15.1. The maximum atomic E-state index is 12.8. The molecule has 0 aliphatic carbocycles. The summed E-state index contributed by atoms with van der Waals surface area (Å²) in [5, 5.41) is 18.5. The van der Waals surface area contributed by atoms with E-state index in [-0.39, 0.29) is 11.3 Å². The number of nitrogens with one attached hydrogen (secondary N) is 2. The Bertz CT molecular complexity index is 1090. The number of aromatic amines is 1. The first-order valence-electron chi connectivity index (χ1n) is 7.63. The number of phenolic OH excluding ortho intramolecular Hbond substituents is 1. The average molecular weight is 497 g/mol. The van der Waals surface area contributed by atoms with Crippen molar-refractivity contribution in [1.29, 1.82) is 0 Å². The number of benzene rings is 2. The molecule has 9 heteroatoms. The number of aromatic hydroxyl groups is 1. The molecule has 26 heavy (non-hydrogen) atoms. The van der Waals surface area contributed by atoms with Crippen LogP contribution in [0.4, 0.5) is 5.69 Å². The van der Waals surface area contributed by atoms with E-state index in [1.807, 2.05) is 24.5 Å². The summed E-state index contributed by atoms with van der Waals surface area (Å²) in [6.07, 6.45) is 1.40. The minimum absolute atomic E-state index is 0.142. The third-order valence-corrected chi connectivity index (χ3v) is 5.89. The van der Waals surface area contributed by atoms with Gasteiger partial charge in [0.15, 0.2) is 0 Å². The summed E-state index contributed by atoms with van der Waals surface area (Å²) in [6.45, 7) is 0. The van der Waals surface area contributed by atoms with Crippen molar-refractivity contribution < 1.29 is 9.79 Å². The van der Waals surface area contributed by atoms with Crippen molar-refractivity contribution in [2.24, 2.45) is 0 Å². The van der Waals surface area contributed by atoms with E-state index in [1.165, 1.54) is 11.8 Å². The first kappa shape index (κ1) is 17.6. The van der Waals surface area contributed by atoms with Crippen molar-refractivity contribution in [1.82, 2.24) is 10.1 Å². The Morgan fingerprint density at radius 1 is 1.23 bits per heavy atom. The molecule has 1 aliphatic rings. The minimum atomic E-state index is -0.451. The van der Waals surface area contributed by atoms with Gasteiger partial charge >= 0.3 is 11.3 Å². The summed E-state index contributed by atoms with van der Waals surface area (Å²) in [7, 11) is 0. The Kier molecular flexibility index (Phi) is 4.54. The van der Waals surface area contributed by atoms with Gasteiger partial charge in [0.25, 0.3) is 6.17 Å². The SMILES string of the molecule is CSc1n[n+]2c(c(=O)[nH]1)-c1cc(Br)ccc1N[C@H]2c1cc(O)ccc1Br. The van der Waals surface area contributed by atoms with E-state index >= 15 is 0 Å². The van der Waals surface area contributed by atoms with Gasteiger partial charge < -0.3 is 10.4 Å². The lowest BCUT2D eigenvalue weighted by atomic mass is 10.0. The minimum Gasteiger partial charge on any atom is -0.508 e. The fourth-order valence-corrected chi connectivity index (χ4v) is 4.14. The van der Waals surface area contributed by atoms with Gasteiger partial charge in [-0.3, -0.25) is 9.78 Å². The van der Waals surface area contributed by atoms with Crippen molar-refractivity contribution in [2.45, 2.75) is 11.3 Å². The Hall–Kier alpha value is -1.84. The highest BCUT2D eigenvalue weighted by atomic mass is 79.9. The molecule has 1 aliphatic heterocycles. The predicted molar refractivity (Wildman–Crippen MR) is 108 cm³/mol. The van der Waals surface area contributed by atoms with Crippen molar-refractivity contribution in [2.75, 3.05) is 11.6 Å². The summed E-state index contributed by atoms with van der Waals surface area (Å²) in [5.41, 5.74) is 2.59. The van der Waals surface area contributed by atoms with Crippen LogP contribution in [0.5, 0.6) is 5.75 Å². The number of hydrogen-bond acceptors (Lipinski definition) is 5. The van der Waals surface area contributed by atoms with Crippen LogP contribution < -0.4 is 15.6 Å². The molecule has 0 fully saturated rings. The van der Waals surface area contributed by atoms with Gasteiger partial charge in [-0.15, -0.1) is 0 Å². The zero-order valence-electron chi connectivity index (χ0n) is 13.5. The summed E-state index contributed by atoms with van der Waals surface area (Å²) in [5.74, 6) is 0.142. The molecule has 3 aromatic rings. The summed E-state index contributed by atoms with van der Waals surface area (Å²) in [6, 6.07) is 10.7. The zero-order chi connectivity index (χ0) is 18.4. The van der Waals surface area contributed by atoms with Crippen LogP contribution >= 0.6 is 43.6 Å². The van der Waals surface area contributed by atoms with Gasteiger partial charge in [0.05, 0.1) is 16.8 Å². The number of rotatable bonds is 2. The highest BCUT2D eigenvalue weighted by Crippen LogP contribution is 2.36. The number of thioether (sulfide) groups is 1. The lowest BCUT2D eigenvalue weighted by Crippen LogP contribution is -2.55. The molecular weight excluding hydrogens is 484 g/mol. The van der Waals surface area contributed by atoms with E-state index in [1.54, 1.807) is 22.9 Å². The smallest absolute Gasteiger partial charge is 0.325 e. The zero-order valence-corrected chi connectivity index (χ0v) is 17.4. The Labute approximate surface area is 169 Å². The molecule has 1 aromatic heterocycles. The van der Waals surface area contributed by atoms with E-state index < -0.39 is 6.17 Å². The summed E-state index contributed by atoms with van der Waals surface area (Å²) in [4.78, 5) is 15.6. The van der Waals surface area contributed by atoms with Gasteiger partial charge in [-0.2, -0.15) is 0 Å². The molecule has 3 N–H and O–H groups in total. The second-order valence-corrected chi connectivity index (χ2v) is 8.26. The lowest BCUT2D eigenvalue weighted by molar-refractivity contribution is -0.759. The first-order chi connectivity index (χ1) is 12.5. The van der Waals surface area contributed by atoms with Gasteiger partial charge in [0.2, 0.25) is 5.16 Å². The van der Waals surface area contributed by atoms with Crippen LogP contribution in [0.2, 0.25) is 0 Å². The third kappa shape index (κ3) is 2.93. The fraction of sp³-hybridized carbons (Fsp3) is 0.118. The average Bonchev–Trinajstić information content (AvgIpc) is 2.62. The number of fused-ring (bicyclic) bond motifs is 3. The number of H-pyrrole nitrogens is 1. The highest BCUT2D eigenvalue weighted by molar-refractivity contribution is 9.10. The van der Waals surface area contributed by atoms with Gasteiger partial charge in [-0.05, 0) is 47.3 Å². The van der Waals surface area contributed by atoms with E-state index in [9.17, 15) is 9.90 Å². The largest absolute Gasteiger partial charge is 0.508 e. The number of nitrogens with zero attached hydrogens (tertiary/aromatic N) is 2. The van der Waals surface area contributed by atoms with Crippen LogP contribution in [0.15, 0.2) is 55.3 Å². The molecule has 0 saturated carbocycles. The van der Waals surface area contributed by atoms with Crippen molar-refractivity contribution in [3.8, 4) is 17.0 Å². The maximum absolute atomic E-state index is 12.8. The molecule has 132 valence electrons. The lowest BCUT2D eigenvalue weighted by Gasteiger charge is -2.23. The standard InChI is InChI=1S/C17H12Br2N4O2S/c1-26-17-21-16(25)14-11-6-8(18)2-5-13(11)20-15(23(14)22-17)10-7-9(24)3-4-12(10)19/h2-7,15H,1H3,(H2,21,22,24,25)/p+1/t15-/m1/s1. The van der Waals surface area contributed by atoms with E-state index in [0.29, 0.717) is 10.9 Å². The maximum Gasteiger partial charge on any atom is 0.325 e. The number of aromatic nitrogens is 3. The van der Waals surface area contributed by atoms with Crippen LogP contribution in [0.25, 0.3) is 11.3 Å². The van der Waals surface area contributed by atoms with E-state index in [4.69, 9.17) is 0 Å². The summed E-state index contributed by atoms with van der Waals surface area (Å²) >= 11 is 8.35. The number of halogens is 2. The van der Waals surface area contributed by atoms with Crippen LogP contribution in [-0.4, -0.2) is 21.4 Å². The van der Waals surface area contributed by atoms with E-state index in [0.717, 1.165) is 25.8 Å². The second-order valence-electron chi connectivity index (χ2n) is 5.70. The first-order valence-corrected chi connectivity index (χ1v) is 10.4. The number of hydrogen-bond donors (Lipinski definition) is 3. The molecule has 0 radical (unpaired) electrons. The second kappa shape index (κ2) is 6.71. The Morgan fingerprint density at radius 2 is 2.04 bits per heavy atom. The van der Waals surface area contributed by atoms with Crippen LogP contribution in [-0.2, 0) is 0 Å². The molecule has 0 amide bonds. The van der Waals surface area contributed by atoms with E-state index in [2.05, 4.69) is 47.3 Å². The molecule has 2 aromatic carbocycles. The van der Waals surface area contributed by atoms with Gasteiger partial charge in [0.1, 0.15) is 5.75 Å². The van der Waals surface area contributed by atoms with Gasteiger partial charge in [-0.25, -0.2) is 0 Å². The molecule has 1 atom stereocenters. The molecule has 0 saturated heterocycles. The molecule has 0 bridgehead atoms. The molecule has 0 unspecified atom stereocenters. The Morgan fingerprint density at radius 3 is 2.81 bits per heavy atom. The van der Waals surface area contributed by atoms with Crippen LogP contribution in [0.3, 0.4) is 0 Å². The topological polar surface area (TPSA) is 81.9 Å². The number of anilines is 1. The van der Waals surface area contributed by atoms with Crippen LogP contribution in [0, 0.1) is 0 Å². The van der Waals surface area contributed by atoms with Crippen LogP contribution in [0.1, 0.15) is 11.7 Å². The molecule has 4 rings (SSSR count). The monoisotopic (exact) mass is 495 g/mol. The molecule has 6 nitrogen and oxygen atoms in total. The Balaban J connectivity index is 2.03.